The molecule has 0 aliphatic heterocycles. The molecule has 1 aromatic heterocycles. The SMILES string of the molecule is CSc1nc(C)c(Cc2ccc(C)cc2)c(Cl)n1. The van der Waals surface area contributed by atoms with E-state index in [1.165, 1.54) is 22.9 Å². The molecule has 18 heavy (non-hydrogen) atoms. The summed E-state index contributed by atoms with van der Waals surface area (Å²) < 4.78 is 0. The maximum atomic E-state index is 6.23. The van der Waals surface area contributed by atoms with E-state index in [-0.39, 0.29) is 0 Å². The van der Waals surface area contributed by atoms with Gasteiger partial charge in [-0.25, -0.2) is 9.97 Å². The highest BCUT2D eigenvalue weighted by Crippen LogP contribution is 2.23. The second-order valence-electron chi connectivity index (χ2n) is 4.23. The number of aromatic nitrogens is 2. The Morgan fingerprint density at radius 3 is 2.33 bits per heavy atom. The van der Waals surface area contributed by atoms with Gasteiger partial charge in [0.1, 0.15) is 5.15 Å². The molecule has 0 N–H and O–H groups in total. The van der Waals surface area contributed by atoms with Crippen molar-refractivity contribution in [3.05, 3.63) is 51.8 Å². The molecule has 0 saturated carbocycles. The molecular formula is C14H15ClN2S. The van der Waals surface area contributed by atoms with Crippen LogP contribution in [-0.4, -0.2) is 16.2 Å². The Kier molecular flexibility index (Phi) is 4.25. The lowest BCUT2D eigenvalue weighted by atomic mass is 10.0. The molecule has 2 nitrogen and oxygen atoms in total. The van der Waals surface area contributed by atoms with Gasteiger partial charge in [-0.1, -0.05) is 53.2 Å². The minimum Gasteiger partial charge on any atom is -0.228 e. The number of rotatable bonds is 3. The molecule has 0 bridgehead atoms. The van der Waals surface area contributed by atoms with Gasteiger partial charge in [-0.05, 0) is 25.7 Å². The third-order valence-electron chi connectivity index (χ3n) is 2.83. The minimum atomic E-state index is 0.562. The van der Waals surface area contributed by atoms with Gasteiger partial charge in [0, 0.05) is 17.7 Å². The van der Waals surface area contributed by atoms with E-state index in [9.17, 15) is 0 Å². The van der Waals surface area contributed by atoms with Crippen LogP contribution in [0.2, 0.25) is 5.15 Å². The van der Waals surface area contributed by atoms with E-state index in [0.717, 1.165) is 22.8 Å². The topological polar surface area (TPSA) is 25.8 Å². The van der Waals surface area contributed by atoms with Gasteiger partial charge in [-0.2, -0.15) is 0 Å². The lowest BCUT2D eigenvalue weighted by Gasteiger charge is -2.09. The van der Waals surface area contributed by atoms with Crippen molar-refractivity contribution in [1.29, 1.82) is 0 Å². The molecule has 0 fully saturated rings. The Bertz CT molecular complexity index is 529. The first-order valence-corrected chi connectivity index (χ1v) is 7.33. The summed E-state index contributed by atoms with van der Waals surface area (Å²) in [6.45, 7) is 4.06. The smallest absolute Gasteiger partial charge is 0.188 e. The number of hydrogen-bond donors (Lipinski definition) is 0. The van der Waals surface area contributed by atoms with E-state index >= 15 is 0 Å². The average Bonchev–Trinajstić information content (AvgIpc) is 2.35. The quantitative estimate of drug-likeness (QED) is 0.481. The van der Waals surface area contributed by atoms with Crippen molar-refractivity contribution >= 4 is 23.4 Å². The van der Waals surface area contributed by atoms with E-state index in [1.54, 1.807) is 0 Å². The van der Waals surface area contributed by atoms with Gasteiger partial charge in [-0.15, -0.1) is 0 Å². The normalized spacial score (nSPS) is 10.7. The van der Waals surface area contributed by atoms with Gasteiger partial charge >= 0.3 is 0 Å². The Morgan fingerprint density at radius 2 is 1.78 bits per heavy atom. The van der Waals surface area contributed by atoms with Crippen LogP contribution in [0, 0.1) is 13.8 Å². The van der Waals surface area contributed by atoms with E-state index in [1.807, 2.05) is 13.2 Å². The first-order valence-electron chi connectivity index (χ1n) is 5.72. The van der Waals surface area contributed by atoms with Crippen LogP contribution in [0.15, 0.2) is 29.4 Å². The first kappa shape index (κ1) is 13.4. The molecule has 4 heteroatoms. The van der Waals surface area contributed by atoms with Crippen LogP contribution in [0.3, 0.4) is 0 Å². The molecule has 2 aromatic rings. The number of aryl methyl sites for hydroxylation is 2. The molecular weight excluding hydrogens is 264 g/mol. The molecule has 0 atom stereocenters. The fraction of sp³-hybridized carbons (Fsp3) is 0.286. The van der Waals surface area contributed by atoms with Crippen LogP contribution >= 0.6 is 23.4 Å². The summed E-state index contributed by atoms with van der Waals surface area (Å²) in [6.07, 6.45) is 2.73. The molecule has 0 radical (unpaired) electrons. The number of nitrogens with zero attached hydrogens (tertiary/aromatic N) is 2. The standard InChI is InChI=1S/C14H15ClN2S/c1-9-4-6-11(7-5-9)8-12-10(2)16-14(18-3)17-13(12)15/h4-7H,8H2,1-3H3. The van der Waals surface area contributed by atoms with Crippen molar-refractivity contribution < 1.29 is 0 Å². The predicted octanol–water partition coefficient (Wildman–Crippen LogP) is 4.06. The van der Waals surface area contributed by atoms with Crippen molar-refractivity contribution in [3.63, 3.8) is 0 Å². The Balaban J connectivity index is 2.31. The molecule has 1 heterocycles. The van der Waals surface area contributed by atoms with Gasteiger partial charge in [0.2, 0.25) is 0 Å². The summed E-state index contributed by atoms with van der Waals surface area (Å²) in [5.41, 5.74) is 4.46. The monoisotopic (exact) mass is 278 g/mol. The van der Waals surface area contributed by atoms with Crippen molar-refractivity contribution in [3.8, 4) is 0 Å². The van der Waals surface area contributed by atoms with Gasteiger partial charge in [0.05, 0.1) is 0 Å². The van der Waals surface area contributed by atoms with Crippen LogP contribution in [0.4, 0.5) is 0 Å². The molecule has 1 aromatic carbocycles. The maximum absolute atomic E-state index is 6.23. The molecule has 0 amide bonds. The number of hydrogen-bond acceptors (Lipinski definition) is 3. The van der Waals surface area contributed by atoms with Gasteiger partial charge in [0.25, 0.3) is 0 Å². The summed E-state index contributed by atoms with van der Waals surface area (Å²) in [6, 6.07) is 8.45. The molecule has 2 rings (SSSR count). The molecule has 0 spiro atoms. The fourth-order valence-corrected chi connectivity index (χ4v) is 2.48. The zero-order chi connectivity index (χ0) is 13.1. The molecule has 0 aliphatic carbocycles. The van der Waals surface area contributed by atoms with Crippen molar-refractivity contribution in [2.24, 2.45) is 0 Å². The zero-order valence-corrected chi connectivity index (χ0v) is 12.3. The lowest BCUT2D eigenvalue weighted by molar-refractivity contribution is 0.898. The highest BCUT2D eigenvalue weighted by Gasteiger charge is 2.10. The van der Waals surface area contributed by atoms with E-state index in [4.69, 9.17) is 11.6 Å². The number of thioether (sulfide) groups is 1. The molecule has 0 saturated heterocycles. The van der Waals surface area contributed by atoms with Crippen molar-refractivity contribution in [1.82, 2.24) is 9.97 Å². The third kappa shape index (κ3) is 3.03. The summed E-state index contributed by atoms with van der Waals surface area (Å²) >= 11 is 7.74. The Morgan fingerprint density at radius 1 is 1.11 bits per heavy atom. The predicted molar refractivity (Wildman–Crippen MR) is 77.5 cm³/mol. The number of halogens is 1. The maximum Gasteiger partial charge on any atom is 0.188 e. The van der Waals surface area contributed by atoms with E-state index < -0.39 is 0 Å². The van der Waals surface area contributed by atoms with Crippen LogP contribution in [-0.2, 0) is 6.42 Å². The largest absolute Gasteiger partial charge is 0.228 e. The second kappa shape index (κ2) is 5.72. The zero-order valence-electron chi connectivity index (χ0n) is 10.7. The van der Waals surface area contributed by atoms with E-state index in [2.05, 4.69) is 41.2 Å². The van der Waals surface area contributed by atoms with Crippen molar-refractivity contribution in [2.75, 3.05) is 6.26 Å². The average molecular weight is 279 g/mol. The first-order chi connectivity index (χ1) is 8.60. The Hall–Kier alpha value is -1.06. The lowest BCUT2D eigenvalue weighted by Crippen LogP contribution is -2.00. The Labute approximate surface area is 117 Å². The fourth-order valence-electron chi connectivity index (χ4n) is 1.74. The third-order valence-corrected chi connectivity index (χ3v) is 3.69. The van der Waals surface area contributed by atoms with E-state index in [0.29, 0.717) is 5.15 Å². The molecule has 94 valence electrons. The van der Waals surface area contributed by atoms with Crippen molar-refractivity contribution in [2.45, 2.75) is 25.4 Å². The summed E-state index contributed by atoms with van der Waals surface area (Å²) in [5, 5.41) is 1.29. The molecule has 0 aliphatic rings. The van der Waals surface area contributed by atoms with Crippen LogP contribution < -0.4 is 0 Å². The number of benzene rings is 1. The second-order valence-corrected chi connectivity index (χ2v) is 5.36. The summed E-state index contributed by atoms with van der Waals surface area (Å²) in [4.78, 5) is 8.72. The van der Waals surface area contributed by atoms with Crippen LogP contribution in [0.25, 0.3) is 0 Å². The van der Waals surface area contributed by atoms with Crippen LogP contribution in [0.1, 0.15) is 22.4 Å². The minimum absolute atomic E-state index is 0.562. The molecule has 0 unspecified atom stereocenters. The van der Waals surface area contributed by atoms with Gasteiger partial charge in [-0.3, -0.25) is 0 Å². The highest BCUT2D eigenvalue weighted by atomic mass is 35.5. The highest BCUT2D eigenvalue weighted by molar-refractivity contribution is 7.98. The van der Waals surface area contributed by atoms with Gasteiger partial charge < -0.3 is 0 Å². The summed E-state index contributed by atoms with van der Waals surface area (Å²) in [5.74, 6) is 0. The summed E-state index contributed by atoms with van der Waals surface area (Å²) in [7, 11) is 0. The van der Waals surface area contributed by atoms with Gasteiger partial charge in [0.15, 0.2) is 5.16 Å². The van der Waals surface area contributed by atoms with Crippen LogP contribution in [0.5, 0.6) is 0 Å².